The van der Waals surface area contributed by atoms with Gasteiger partial charge >= 0.3 is 0 Å². The highest BCUT2D eigenvalue weighted by molar-refractivity contribution is 5.99. The number of nitrogens with one attached hydrogen (secondary N) is 1. The number of ether oxygens (including phenoxy) is 2. The van der Waals surface area contributed by atoms with Gasteiger partial charge in [0.1, 0.15) is 5.75 Å². The average Bonchev–Trinajstić information content (AvgIpc) is 3.49. The number of carbonyl (C=O) groups is 1. The van der Waals surface area contributed by atoms with Gasteiger partial charge in [0.05, 0.1) is 37.3 Å². The van der Waals surface area contributed by atoms with Crippen LogP contribution in [0, 0.1) is 5.82 Å². The summed E-state index contributed by atoms with van der Waals surface area (Å²) in [5.41, 5.74) is 7.86. The Kier molecular flexibility index (Phi) is 5.45. The van der Waals surface area contributed by atoms with Crippen molar-refractivity contribution in [3.8, 4) is 45.1 Å². The average molecular weight is 486 g/mol. The van der Waals surface area contributed by atoms with E-state index in [4.69, 9.17) is 9.47 Å². The molecule has 4 aromatic rings. The standard InChI is InChI=1S/C28H24FN3O4/c1-35-25-15-20-19(12-21(25)28(34)32-8-10-36-11-9-32)13-22-26(30-31-27(20)22)17-4-2-16(3-5-17)18-6-7-24(33)23(29)14-18/h2-7,12,14-15,33H,8-11,13H2,1H3,(H,30,31). The normalized spacial score (nSPS) is 14.4. The van der Waals surface area contributed by atoms with Crippen molar-refractivity contribution in [1.82, 2.24) is 15.1 Å². The number of halogens is 1. The summed E-state index contributed by atoms with van der Waals surface area (Å²) in [5.74, 6) is -0.525. The molecule has 0 atom stereocenters. The number of aromatic amines is 1. The lowest BCUT2D eigenvalue weighted by atomic mass is 10.0. The molecule has 2 aliphatic rings. The molecule has 6 rings (SSSR count). The predicted molar refractivity (Wildman–Crippen MR) is 133 cm³/mol. The van der Waals surface area contributed by atoms with Crippen LogP contribution in [0.5, 0.6) is 11.5 Å². The number of phenolic OH excluding ortho intramolecular Hbond substituents is 1. The van der Waals surface area contributed by atoms with E-state index in [0.29, 0.717) is 49.6 Å². The molecule has 1 aromatic heterocycles. The number of aromatic hydroxyl groups is 1. The highest BCUT2D eigenvalue weighted by Crippen LogP contribution is 2.43. The molecule has 1 aliphatic carbocycles. The molecule has 1 fully saturated rings. The highest BCUT2D eigenvalue weighted by atomic mass is 19.1. The fourth-order valence-corrected chi connectivity index (χ4v) is 4.97. The van der Waals surface area contributed by atoms with Crippen molar-refractivity contribution in [2.24, 2.45) is 0 Å². The molecular weight excluding hydrogens is 461 g/mol. The molecule has 1 aliphatic heterocycles. The van der Waals surface area contributed by atoms with Crippen LogP contribution in [0.1, 0.15) is 21.5 Å². The molecule has 0 radical (unpaired) electrons. The van der Waals surface area contributed by atoms with Gasteiger partial charge in [-0.3, -0.25) is 9.89 Å². The van der Waals surface area contributed by atoms with Crippen molar-refractivity contribution in [3.05, 3.63) is 77.1 Å². The van der Waals surface area contributed by atoms with Crippen LogP contribution in [0.2, 0.25) is 0 Å². The number of nitrogens with zero attached hydrogens (tertiary/aromatic N) is 2. The quantitative estimate of drug-likeness (QED) is 0.387. The van der Waals surface area contributed by atoms with E-state index in [-0.39, 0.29) is 11.7 Å². The molecule has 0 unspecified atom stereocenters. The van der Waals surface area contributed by atoms with Crippen LogP contribution < -0.4 is 4.74 Å². The van der Waals surface area contributed by atoms with Crippen molar-refractivity contribution in [1.29, 1.82) is 0 Å². The summed E-state index contributed by atoms with van der Waals surface area (Å²) in [6.45, 7) is 2.22. The second-order valence-electron chi connectivity index (χ2n) is 8.96. The Morgan fingerprint density at radius 2 is 1.78 bits per heavy atom. The molecule has 0 bridgehead atoms. The van der Waals surface area contributed by atoms with Crippen LogP contribution in [0.3, 0.4) is 0 Å². The number of phenols is 1. The first-order valence-corrected chi connectivity index (χ1v) is 11.8. The molecule has 1 amide bonds. The number of methoxy groups -OCH3 is 1. The van der Waals surface area contributed by atoms with E-state index in [9.17, 15) is 14.3 Å². The number of rotatable bonds is 4. The fraction of sp³-hybridized carbons (Fsp3) is 0.214. The molecule has 182 valence electrons. The lowest BCUT2D eigenvalue weighted by molar-refractivity contribution is 0.0301. The fourth-order valence-electron chi connectivity index (χ4n) is 4.97. The molecule has 3 aromatic carbocycles. The minimum Gasteiger partial charge on any atom is -0.505 e. The van der Waals surface area contributed by atoms with Crippen LogP contribution in [-0.4, -0.2) is 59.5 Å². The van der Waals surface area contributed by atoms with Gasteiger partial charge in [0, 0.05) is 36.2 Å². The molecule has 2 N–H and O–H groups in total. The van der Waals surface area contributed by atoms with Crippen molar-refractivity contribution in [2.45, 2.75) is 6.42 Å². The third-order valence-electron chi connectivity index (χ3n) is 6.90. The van der Waals surface area contributed by atoms with E-state index in [0.717, 1.165) is 39.2 Å². The lowest BCUT2D eigenvalue weighted by Crippen LogP contribution is -2.40. The minimum absolute atomic E-state index is 0.0480. The predicted octanol–water partition coefficient (Wildman–Crippen LogP) is 4.64. The van der Waals surface area contributed by atoms with E-state index in [2.05, 4.69) is 10.2 Å². The number of hydrogen-bond acceptors (Lipinski definition) is 5. The number of morpholine rings is 1. The SMILES string of the molecule is COc1cc2c(cc1C(=O)N1CCOCC1)Cc1c(-c3ccc(-c4ccc(O)c(F)c4)cc3)n[nH]c1-2. The molecule has 1 saturated heterocycles. The number of fused-ring (bicyclic) bond motifs is 3. The Labute approximate surface area is 207 Å². The summed E-state index contributed by atoms with van der Waals surface area (Å²) in [6, 6.07) is 15.9. The van der Waals surface area contributed by atoms with Crippen LogP contribution in [0.25, 0.3) is 33.6 Å². The third kappa shape index (κ3) is 3.70. The molecule has 36 heavy (non-hydrogen) atoms. The molecule has 0 spiro atoms. The zero-order valence-electron chi connectivity index (χ0n) is 19.7. The number of benzene rings is 3. The van der Waals surface area contributed by atoms with Gasteiger partial charge in [-0.05, 0) is 41.0 Å². The van der Waals surface area contributed by atoms with Gasteiger partial charge in [0.25, 0.3) is 5.91 Å². The van der Waals surface area contributed by atoms with Crippen molar-refractivity contribution in [3.63, 3.8) is 0 Å². The van der Waals surface area contributed by atoms with E-state index in [1.54, 1.807) is 18.1 Å². The van der Waals surface area contributed by atoms with E-state index in [1.807, 2.05) is 36.4 Å². The molecular formula is C28H24FN3O4. The van der Waals surface area contributed by atoms with Gasteiger partial charge in [-0.15, -0.1) is 0 Å². The zero-order valence-corrected chi connectivity index (χ0v) is 19.7. The molecule has 7 nitrogen and oxygen atoms in total. The molecule has 2 heterocycles. The molecule has 0 saturated carbocycles. The van der Waals surface area contributed by atoms with Crippen molar-refractivity contribution >= 4 is 5.91 Å². The summed E-state index contributed by atoms with van der Waals surface area (Å²) < 4.78 is 24.8. The monoisotopic (exact) mass is 485 g/mol. The topological polar surface area (TPSA) is 87.7 Å². The molecule has 8 heteroatoms. The van der Waals surface area contributed by atoms with E-state index < -0.39 is 5.82 Å². The Hall–Kier alpha value is -4.17. The summed E-state index contributed by atoms with van der Waals surface area (Å²) in [5, 5.41) is 17.2. The van der Waals surface area contributed by atoms with Crippen LogP contribution >= 0.6 is 0 Å². The maximum Gasteiger partial charge on any atom is 0.257 e. The second kappa shape index (κ2) is 8.80. The number of amides is 1. The largest absolute Gasteiger partial charge is 0.505 e. The summed E-state index contributed by atoms with van der Waals surface area (Å²) in [7, 11) is 1.58. The van der Waals surface area contributed by atoms with Gasteiger partial charge in [0.15, 0.2) is 11.6 Å². The minimum atomic E-state index is -0.652. The van der Waals surface area contributed by atoms with Gasteiger partial charge in [-0.25, -0.2) is 4.39 Å². The van der Waals surface area contributed by atoms with Crippen molar-refractivity contribution in [2.75, 3.05) is 33.4 Å². The second-order valence-corrected chi connectivity index (χ2v) is 8.96. The Bertz CT molecular complexity index is 1470. The Morgan fingerprint density at radius 1 is 1.06 bits per heavy atom. The maximum atomic E-state index is 13.8. The van der Waals surface area contributed by atoms with Gasteiger partial charge < -0.3 is 19.5 Å². The van der Waals surface area contributed by atoms with Gasteiger partial charge in [0.2, 0.25) is 0 Å². The summed E-state index contributed by atoms with van der Waals surface area (Å²) in [6.07, 6.45) is 0.648. The summed E-state index contributed by atoms with van der Waals surface area (Å²) >= 11 is 0. The number of H-pyrrole nitrogens is 1. The first-order valence-electron chi connectivity index (χ1n) is 11.8. The summed E-state index contributed by atoms with van der Waals surface area (Å²) in [4.78, 5) is 15.0. The number of aromatic nitrogens is 2. The lowest BCUT2D eigenvalue weighted by Gasteiger charge is -2.27. The third-order valence-corrected chi connectivity index (χ3v) is 6.90. The number of carbonyl (C=O) groups excluding carboxylic acids is 1. The first kappa shape index (κ1) is 22.3. The van der Waals surface area contributed by atoms with Gasteiger partial charge in [-0.2, -0.15) is 5.10 Å². The number of hydrogen-bond donors (Lipinski definition) is 2. The highest BCUT2D eigenvalue weighted by Gasteiger charge is 2.29. The Balaban J connectivity index is 1.31. The van der Waals surface area contributed by atoms with E-state index in [1.165, 1.54) is 12.1 Å². The van der Waals surface area contributed by atoms with Crippen LogP contribution in [0.4, 0.5) is 4.39 Å². The van der Waals surface area contributed by atoms with Crippen LogP contribution in [0.15, 0.2) is 54.6 Å². The van der Waals surface area contributed by atoms with Gasteiger partial charge in [-0.1, -0.05) is 30.3 Å². The van der Waals surface area contributed by atoms with E-state index >= 15 is 0 Å². The van der Waals surface area contributed by atoms with Crippen LogP contribution in [-0.2, 0) is 11.2 Å². The maximum absolute atomic E-state index is 13.8. The van der Waals surface area contributed by atoms with Crippen molar-refractivity contribution < 1.29 is 23.8 Å². The first-order chi connectivity index (χ1) is 17.5. The Morgan fingerprint density at radius 3 is 2.50 bits per heavy atom. The smallest absolute Gasteiger partial charge is 0.257 e. The zero-order chi connectivity index (χ0) is 24.8.